The predicted molar refractivity (Wildman–Crippen MR) is 87.7 cm³/mol. The van der Waals surface area contributed by atoms with Crippen molar-refractivity contribution in [2.75, 3.05) is 6.54 Å². The molecule has 1 aromatic rings. The Morgan fingerprint density at radius 2 is 1.96 bits per heavy atom. The minimum absolute atomic E-state index is 0.0540. The molecule has 6 nitrogen and oxygen atoms in total. The number of carboxylic acids is 2. The maximum atomic E-state index is 11.3. The molecule has 4 atom stereocenters. The lowest BCUT2D eigenvalue weighted by molar-refractivity contribution is -0.141. The SMILES string of the molecule is O=C(O)c1cc(Cl)ccc1OC1CCC2CNC(C(=O)O)CC2C1. The van der Waals surface area contributed by atoms with E-state index in [1.165, 1.54) is 6.07 Å². The van der Waals surface area contributed by atoms with Crippen LogP contribution in [0.15, 0.2) is 18.2 Å². The zero-order valence-corrected chi connectivity index (χ0v) is 13.8. The summed E-state index contributed by atoms with van der Waals surface area (Å²) >= 11 is 5.86. The van der Waals surface area contributed by atoms with Gasteiger partial charge in [-0.15, -0.1) is 0 Å². The van der Waals surface area contributed by atoms with Crippen molar-refractivity contribution < 1.29 is 24.5 Å². The molecule has 1 aliphatic carbocycles. The summed E-state index contributed by atoms with van der Waals surface area (Å²) in [6.45, 7) is 0.718. The number of hydrogen-bond acceptors (Lipinski definition) is 4. The third-order valence-corrected chi connectivity index (χ3v) is 5.26. The molecular weight excluding hydrogens is 334 g/mol. The largest absolute Gasteiger partial charge is 0.490 e. The lowest BCUT2D eigenvalue weighted by Gasteiger charge is -2.41. The summed E-state index contributed by atoms with van der Waals surface area (Å²) in [5.74, 6) is -0.827. The normalized spacial score (nSPS) is 29.5. The summed E-state index contributed by atoms with van der Waals surface area (Å²) in [5.41, 5.74) is 0.0540. The first-order valence-corrected chi connectivity index (χ1v) is 8.47. The number of ether oxygens (including phenoxy) is 1. The van der Waals surface area contributed by atoms with E-state index < -0.39 is 18.0 Å². The first-order valence-electron chi connectivity index (χ1n) is 8.09. The topological polar surface area (TPSA) is 95.9 Å². The molecule has 7 heteroatoms. The fraction of sp³-hybridized carbons (Fsp3) is 0.529. The number of nitrogens with one attached hydrogen (secondary N) is 1. The van der Waals surface area contributed by atoms with Gasteiger partial charge < -0.3 is 20.3 Å². The van der Waals surface area contributed by atoms with E-state index in [0.717, 1.165) is 25.8 Å². The molecule has 2 aliphatic rings. The maximum absolute atomic E-state index is 11.3. The average molecular weight is 354 g/mol. The van der Waals surface area contributed by atoms with Gasteiger partial charge in [-0.25, -0.2) is 4.79 Å². The molecule has 0 aromatic heterocycles. The van der Waals surface area contributed by atoms with Crippen molar-refractivity contribution in [3.63, 3.8) is 0 Å². The van der Waals surface area contributed by atoms with E-state index in [1.54, 1.807) is 12.1 Å². The van der Waals surface area contributed by atoms with Crippen LogP contribution in [0.5, 0.6) is 5.75 Å². The molecule has 4 unspecified atom stereocenters. The average Bonchev–Trinajstić information content (AvgIpc) is 2.55. The van der Waals surface area contributed by atoms with Gasteiger partial charge in [0.1, 0.15) is 17.4 Å². The highest BCUT2D eigenvalue weighted by Gasteiger charge is 2.38. The van der Waals surface area contributed by atoms with Crippen LogP contribution >= 0.6 is 11.6 Å². The van der Waals surface area contributed by atoms with Gasteiger partial charge in [0.15, 0.2) is 0 Å². The third kappa shape index (κ3) is 3.65. The summed E-state index contributed by atoms with van der Waals surface area (Å²) in [6, 6.07) is 4.07. The molecule has 0 amide bonds. The smallest absolute Gasteiger partial charge is 0.339 e. The molecule has 0 radical (unpaired) electrons. The lowest BCUT2D eigenvalue weighted by Crippen LogP contribution is -2.50. The monoisotopic (exact) mass is 353 g/mol. The quantitative estimate of drug-likeness (QED) is 0.770. The highest BCUT2D eigenvalue weighted by molar-refractivity contribution is 6.31. The van der Waals surface area contributed by atoms with E-state index in [4.69, 9.17) is 16.3 Å². The van der Waals surface area contributed by atoms with Crippen molar-refractivity contribution in [2.45, 2.75) is 37.8 Å². The predicted octanol–water partition coefficient (Wildman–Crippen LogP) is 2.65. The molecule has 2 fully saturated rings. The Morgan fingerprint density at radius 3 is 2.67 bits per heavy atom. The zero-order chi connectivity index (χ0) is 17.3. The number of piperidine rings is 1. The molecule has 1 aliphatic heterocycles. The van der Waals surface area contributed by atoms with E-state index in [-0.39, 0.29) is 17.6 Å². The molecular formula is C17H20ClNO5. The first kappa shape index (κ1) is 17.0. The second-order valence-electron chi connectivity index (χ2n) is 6.55. The van der Waals surface area contributed by atoms with Crippen molar-refractivity contribution >= 4 is 23.5 Å². The van der Waals surface area contributed by atoms with Crippen LogP contribution in [0, 0.1) is 11.8 Å². The Hall–Kier alpha value is -1.79. The molecule has 130 valence electrons. The number of aromatic carboxylic acids is 1. The second kappa shape index (κ2) is 6.99. The molecule has 1 heterocycles. The maximum Gasteiger partial charge on any atom is 0.339 e. The Kier molecular flexibility index (Phi) is 4.96. The molecule has 1 saturated heterocycles. The Morgan fingerprint density at radius 1 is 1.17 bits per heavy atom. The van der Waals surface area contributed by atoms with Crippen molar-refractivity contribution in [2.24, 2.45) is 11.8 Å². The summed E-state index contributed by atoms with van der Waals surface area (Å²) in [7, 11) is 0. The standard InChI is InChI=1S/C17H20ClNO5/c18-11-2-4-15(13(7-11)16(20)21)24-12-3-1-9-8-19-14(17(22)23)6-10(9)5-12/h2,4,7,9-10,12,14,19H,1,3,5-6,8H2,(H,20,21)(H,22,23). The fourth-order valence-electron chi connectivity index (χ4n) is 3.77. The van der Waals surface area contributed by atoms with E-state index >= 15 is 0 Å². The number of carboxylic acid groups (broad SMARTS) is 2. The van der Waals surface area contributed by atoms with Gasteiger partial charge in [-0.05, 0) is 62.3 Å². The molecule has 24 heavy (non-hydrogen) atoms. The summed E-state index contributed by atoms with van der Waals surface area (Å²) < 4.78 is 5.94. The number of carbonyl (C=O) groups is 2. The molecule has 1 saturated carbocycles. The van der Waals surface area contributed by atoms with Gasteiger partial charge in [-0.1, -0.05) is 11.6 Å². The Balaban J connectivity index is 1.69. The van der Waals surface area contributed by atoms with Crippen molar-refractivity contribution in [1.82, 2.24) is 5.32 Å². The van der Waals surface area contributed by atoms with Gasteiger partial charge in [0, 0.05) is 5.02 Å². The highest BCUT2D eigenvalue weighted by atomic mass is 35.5. The van der Waals surface area contributed by atoms with E-state index in [1.807, 2.05) is 0 Å². The number of fused-ring (bicyclic) bond motifs is 1. The van der Waals surface area contributed by atoms with Crippen LogP contribution in [0.25, 0.3) is 0 Å². The van der Waals surface area contributed by atoms with Gasteiger partial charge in [0.25, 0.3) is 0 Å². The van der Waals surface area contributed by atoms with E-state index in [0.29, 0.717) is 23.1 Å². The Bertz CT molecular complexity index is 650. The van der Waals surface area contributed by atoms with E-state index in [9.17, 15) is 19.8 Å². The minimum Gasteiger partial charge on any atom is -0.490 e. The lowest BCUT2D eigenvalue weighted by atomic mass is 9.72. The number of halogens is 1. The van der Waals surface area contributed by atoms with Gasteiger partial charge in [0.05, 0.1) is 6.10 Å². The highest BCUT2D eigenvalue weighted by Crippen LogP contribution is 2.38. The minimum atomic E-state index is -1.08. The number of rotatable bonds is 4. The van der Waals surface area contributed by atoms with Gasteiger partial charge in [0.2, 0.25) is 0 Å². The van der Waals surface area contributed by atoms with Crippen molar-refractivity contribution in [3.05, 3.63) is 28.8 Å². The van der Waals surface area contributed by atoms with Crippen LogP contribution in [-0.4, -0.2) is 40.8 Å². The van der Waals surface area contributed by atoms with Crippen LogP contribution in [0.1, 0.15) is 36.0 Å². The third-order valence-electron chi connectivity index (χ3n) is 5.02. The summed E-state index contributed by atoms with van der Waals surface area (Å²) in [6.07, 6.45) is 3.02. The molecule has 3 N–H and O–H groups in total. The first-order chi connectivity index (χ1) is 11.4. The van der Waals surface area contributed by atoms with Crippen LogP contribution in [0.2, 0.25) is 5.02 Å². The molecule has 1 aromatic carbocycles. The van der Waals surface area contributed by atoms with Crippen LogP contribution in [0.4, 0.5) is 0 Å². The number of hydrogen-bond donors (Lipinski definition) is 3. The van der Waals surface area contributed by atoms with Crippen molar-refractivity contribution in [3.8, 4) is 5.75 Å². The summed E-state index contributed by atoms with van der Waals surface area (Å²) in [4.78, 5) is 22.5. The molecule has 3 rings (SSSR count). The van der Waals surface area contributed by atoms with Crippen molar-refractivity contribution in [1.29, 1.82) is 0 Å². The van der Waals surface area contributed by atoms with E-state index in [2.05, 4.69) is 5.32 Å². The van der Waals surface area contributed by atoms with Crippen LogP contribution in [0.3, 0.4) is 0 Å². The van der Waals surface area contributed by atoms with Gasteiger partial charge >= 0.3 is 11.9 Å². The van der Waals surface area contributed by atoms with Crippen LogP contribution < -0.4 is 10.1 Å². The fourth-order valence-corrected chi connectivity index (χ4v) is 3.94. The zero-order valence-electron chi connectivity index (χ0n) is 13.1. The number of aliphatic carboxylic acids is 1. The summed E-state index contributed by atoms with van der Waals surface area (Å²) in [5, 5.41) is 21.9. The second-order valence-corrected chi connectivity index (χ2v) is 6.99. The van der Waals surface area contributed by atoms with Crippen LogP contribution in [-0.2, 0) is 4.79 Å². The van der Waals surface area contributed by atoms with Gasteiger partial charge in [-0.2, -0.15) is 0 Å². The Labute approximate surface area is 144 Å². The number of benzene rings is 1. The molecule has 0 spiro atoms. The van der Waals surface area contributed by atoms with Gasteiger partial charge in [-0.3, -0.25) is 4.79 Å². The molecule has 0 bridgehead atoms.